The summed E-state index contributed by atoms with van der Waals surface area (Å²) in [5.41, 5.74) is 0.674. The summed E-state index contributed by atoms with van der Waals surface area (Å²) in [6.45, 7) is 0.0435. The van der Waals surface area contributed by atoms with Crippen molar-refractivity contribution in [1.82, 2.24) is 15.1 Å². The van der Waals surface area contributed by atoms with Crippen molar-refractivity contribution in [3.05, 3.63) is 64.0 Å². The molecule has 1 heterocycles. The van der Waals surface area contributed by atoms with E-state index in [0.717, 1.165) is 0 Å². The van der Waals surface area contributed by atoms with Gasteiger partial charge in [0.25, 0.3) is 11.6 Å². The van der Waals surface area contributed by atoms with Crippen molar-refractivity contribution < 1.29 is 23.6 Å². The summed E-state index contributed by atoms with van der Waals surface area (Å²) in [4.78, 5) is 24.2. The number of aromatic nitrogens is 2. The van der Waals surface area contributed by atoms with Crippen LogP contribution >= 0.6 is 0 Å². The first kappa shape index (κ1) is 19.8. The minimum atomic E-state index is -0.551. The molecule has 10 heteroatoms. The van der Waals surface area contributed by atoms with Gasteiger partial charge in [0.05, 0.1) is 25.7 Å². The number of nitrogens with zero attached hydrogens (tertiary/aromatic N) is 4. The van der Waals surface area contributed by atoms with Crippen LogP contribution in [0.4, 0.5) is 5.69 Å². The molecule has 0 N–H and O–H groups in total. The summed E-state index contributed by atoms with van der Waals surface area (Å²) in [6.07, 6.45) is 0. The maximum Gasteiger partial charge on any atom is 0.270 e. The van der Waals surface area contributed by atoms with E-state index in [0.29, 0.717) is 17.1 Å². The Hall–Kier alpha value is -3.95. The number of hydrogen-bond acceptors (Lipinski definition) is 8. The third-order valence-corrected chi connectivity index (χ3v) is 4.12. The molecule has 0 bridgehead atoms. The van der Waals surface area contributed by atoms with Crippen molar-refractivity contribution in [2.45, 2.75) is 6.54 Å². The Morgan fingerprint density at radius 3 is 2.59 bits per heavy atom. The molecule has 0 saturated carbocycles. The third kappa shape index (κ3) is 4.32. The fourth-order valence-corrected chi connectivity index (χ4v) is 2.65. The highest BCUT2D eigenvalue weighted by Crippen LogP contribution is 2.31. The van der Waals surface area contributed by atoms with Crippen LogP contribution in [0.2, 0.25) is 0 Å². The second kappa shape index (κ2) is 8.38. The van der Waals surface area contributed by atoms with Crippen molar-refractivity contribution in [3.8, 4) is 23.0 Å². The Balaban J connectivity index is 1.75. The minimum Gasteiger partial charge on any atom is -0.493 e. The Labute approximate surface area is 165 Å². The molecule has 2 aromatic carbocycles. The van der Waals surface area contributed by atoms with E-state index in [-0.39, 0.29) is 29.6 Å². The Morgan fingerprint density at radius 1 is 1.14 bits per heavy atom. The summed E-state index contributed by atoms with van der Waals surface area (Å²) in [5, 5.41) is 18.9. The van der Waals surface area contributed by atoms with E-state index < -0.39 is 10.8 Å². The van der Waals surface area contributed by atoms with Crippen LogP contribution in [-0.4, -0.2) is 47.2 Å². The molecular formula is C19H18N4O6. The highest BCUT2D eigenvalue weighted by molar-refractivity contribution is 5.94. The number of ether oxygens (including phenoxy) is 2. The largest absolute Gasteiger partial charge is 0.493 e. The topological polar surface area (TPSA) is 121 Å². The lowest BCUT2D eigenvalue weighted by Crippen LogP contribution is -2.26. The van der Waals surface area contributed by atoms with Crippen molar-refractivity contribution >= 4 is 11.6 Å². The van der Waals surface area contributed by atoms with Crippen molar-refractivity contribution in [3.63, 3.8) is 0 Å². The molecule has 0 aliphatic heterocycles. The van der Waals surface area contributed by atoms with Crippen LogP contribution in [0.1, 0.15) is 16.2 Å². The van der Waals surface area contributed by atoms with Crippen molar-refractivity contribution in [2.24, 2.45) is 0 Å². The van der Waals surface area contributed by atoms with E-state index in [9.17, 15) is 14.9 Å². The number of hydrogen-bond donors (Lipinski definition) is 0. The number of benzene rings is 2. The van der Waals surface area contributed by atoms with E-state index in [1.165, 1.54) is 43.4 Å². The van der Waals surface area contributed by atoms with Gasteiger partial charge in [-0.05, 0) is 24.3 Å². The molecule has 0 saturated heterocycles. The number of amides is 1. The maximum absolute atomic E-state index is 12.5. The minimum absolute atomic E-state index is 0.0435. The zero-order chi connectivity index (χ0) is 21.0. The van der Waals surface area contributed by atoms with Gasteiger partial charge >= 0.3 is 0 Å². The van der Waals surface area contributed by atoms with E-state index in [4.69, 9.17) is 13.9 Å². The molecule has 3 rings (SSSR count). The number of rotatable bonds is 7. The number of carbonyl (C=O) groups is 1. The average molecular weight is 398 g/mol. The first-order valence-electron chi connectivity index (χ1n) is 8.47. The van der Waals surface area contributed by atoms with Gasteiger partial charge in [-0.2, -0.15) is 0 Å². The smallest absolute Gasteiger partial charge is 0.270 e. The Bertz CT molecular complexity index is 1050. The molecule has 0 aliphatic rings. The standard InChI is InChI=1S/C19H18N4O6/c1-22(19(24)13-5-4-6-14(9-13)23(25)26)11-17-20-21-18(29-17)12-7-8-15(27-2)16(10-12)28-3/h4-10H,11H2,1-3H3. The molecular weight excluding hydrogens is 380 g/mol. The van der Waals surface area contributed by atoms with E-state index in [1.54, 1.807) is 25.2 Å². The lowest BCUT2D eigenvalue weighted by Gasteiger charge is -2.14. The van der Waals surface area contributed by atoms with Crippen LogP contribution in [0.5, 0.6) is 11.5 Å². The first-order valence-corrected chi connectivity index (χ1v) is 8.47. The van der Waals surface area contributed by atoms with Crippen LogP contribution < -0.4 is 9.47 Å². The molecule has 10 nitrogen and oxygen atoms in total. The quantitative estimate of drug-likeness (QED) is 0.440. The molecule has 3 aromatic rings. The highest BCUT2D eigenvalue weighted by Gasteiger charge is 2.18. The number of nitro groups is 1. The fraction of sp³-hybridized carbons (Fsp3) is 0.211. The monoisotopic (exact) mass is 398 g/mol. The number of non-ortho nitro benzene ring substituents is 1. The third-order valence-electron chi connectivity index (χ3n) is 4.12. The van der Waals surface area contributed by atoms with Gasteiger partial charge in [0.1, 0.15) is 0 Å². The van der Waals surface area contributed by atoms with Crippen molar-refractivity contribution in [1.29, 1.82) is 0 Å². The van der Waals surface area contributed by atoms with Crippen molar-refractivity contribution in [2.75, 3.05) is 21.3 Å². The highest BCUT2D eigenvalue weighted by atomic mass is 16.6. The molecule has 150 valence electrons. The Kier molecular flexibility index (Phi) is 5.72. The molecule has 0 spiro atoms. The van der Waals surface area contributed by atoms with E-state index >= 15 is 0 Å². The van der Waals surface area contributed by atoms with Gasteiger partial charge in [-0.3, -0.25) is 14.9 Å². The summed E-state index contributed by atoms with van der Waals surface area (Å²) >= 11 is 0. The lowest BCUT2D eigenvalue weighted by atomic mass is 10.2. The second-order valence-electron chi connectivity index (χ2n) is 6.04. The van der Waals surface area contributed by atoms with Gasteiger partial charge in [0.15, 0.2) is 11.5 Å². The molecule has 0 unspecified atom stereocenters. The molecule has 0 radical (unpaired) electrons. The van der Waals surface area contributed by atoms with Gasteiger partial charge in [-0.1, -0.05) is 6.07 Å². The predicted octanol–water partition coefficient (Wildman–Crippen LogP) is 2.93. The summed E-state index contributed by atoms with van der Waals surface area (Å²) in [6, 6.07) is 10.7. The van der Waals surface area contributed by atoms with Crippen LogP contribution in [0.25, 0.3) is 11.5 Å². The average Bonchev–Trinajstić information content (AvgIpc) is 3.21. The molecule has 0 aliphatic carbocycles. The predicted molar refractivity (Wildman–Crippen MR) is 102 cm³/mol. The number of nitro benzene ring substituents is 1. The zero-order valence-corrected chi connectivity index (χ0v) is 16.0. The van der Waals surface area contributed by atoms with Crippen LogP contribution in [0.15, 0.2) is 46.9 Å². The van der Waals surface area contributed by atoms with Gasteiger partial charge in [-0.25, -0.2) is 0 Å². The van der Waals surface area contributed by atoms with Crippen LogP contribution in [-0.2, 0) is 6.54 Å². The number of carbonyl (C=O) groups excluding carboxylic acids is 1. The van der Waals surface area contributed by atoms with Crippen LogP contribution in [0.3, 0.4) is 0 Å². The molecule has 1 amide bonds. The van der Waals surface area contributed by atoms with E-state index in [1.807, 2.05) is 0 Å². The normalized spacial score (nSPS) is 10.4. The van der Waals surface area contributed by atoms with Gasteiger partial charge < -0.3 is 18.8 Å². The van der Waals surface area contributed by atoms with Gasteiger partial charge in [0, 0.05) is 30.3 Å². The lowest BCUT2D eigenvalue weighted by molar-refractivity contribution is -0.384. The zero-order valence-electron chi connectivity index (χ0n) is 16.0. The molecule has 0 atom stereocenters. The summed E-state index contributed by atoms with van der Waals surface area (Å²) in [7, 11) is 4.60. The maximum atomic E-state index is 12.5. The van der Waals surface area contributed by atoms with Gasteiger partial charge in [0.2, 0.25) is 11.8 Å². The molecule has 0 fully saturated rings. The van der Waals surface area contributed by atoms with E-state index in [2.05, 4.69) is 10.2 Å². The fourth-order valence-electron chi connectivity index (χ4n) is 2.65. The van der Waals surface area contributed by atoms with Gasteiger partial charge in [-0.15, -0.1) is 10.2 Å². The summed E-state index contributed by atoms with van der Waals surface area (Å²) in [5.74, 6) is 1.16. The first-order chi connectivity index (χ1) is 13.9. The summed E-state index contributed by atoms with van der Waals surface area (Å²) < 4.78 is 16.1. The second-order valence-corrected chi connectivity index (χ2v) is 6.04. The molecule has 1 aromatic heterocycles. The number of methoxy groups -OCH3 is 2. The van der Waals surface area contributed by atoms with Crippen LogP contribution in [0, 0.1) is 10.1 Å². The SMILES string of the molecule is COc1ccc(-c2nnc(CN(C)C(=O)c3cccc([N+](=O)[O-])c3)o2)cc1OC. The molecule has 29 heavy (non-hydrogen) atoms. The Morgan fingerprint density at radius 2 is 1.90 bits per heavy atom.